The van der Waals surface area contributed by atoms with Crippen molar-refractivity contribution in [2.45, 2.75) is 51.1 Å². The summed E-state index contributed by atoms with van der Waals surface area (Å²) in [6, 6.07) is 5.56. The first-order valence-electron chi connectivity index (χ1n) is 8.47. The summed E-state index contributed by atoms with van der Waals surface area (Å²) in [5.74, 6) is 0.563. The Labute approximate surface area is 143 Å². The SMILES string of the molecule is Cc1ccc(NC(=O)C2CC3CCCCC3N2)cc1NS(C)(=O)=O. The summed E-state index contributed by atoms with van der Waals surface area (Å²) in [6.45, 7) is 1.82. The fourth-order valence-electron chi connectivity index (χ4n) is 3.76. The lowest BCUT2D eigenvalue weighted by Gasteiger charge is -2.24. The number of sulfonamides is 1. The quantitative estimate of drug-likeness (QED) is 0.776. The van der Waals surface area contributed by atoms with Crippen molar-refractivity contribution >= 4 is 27.3 Å². The highest BCUT2D eigenvalue weighted by Crippen LogP contribution is 2.33. The van der Waals surface area contributed by atoms with Crippen LogP contribution in [0.5, 0.6) is 0 Å². The van der Waals surface area contributed by atoms with E-state index < -0.39 is 10.0 Å². The highest BCUT2D eigenvalue weighted by molar-refractivity contribution is 7.92. The second-order valence-corrected chi connectivity index (χ2v) is 8.75. The van der Waals surface area contributed by atoms with Gasteiger partial charge in [-0.05, 0) is 49.8 Å². The summed E-state index contributed by atoms with van der Waals surface area (Å²) in [7, 11) is -3.35. The van der Waals surface area contributed by atoms with Crippen molar-refractivity contribution in [3.8, 4) is 0 Å². The van der Waals surface area contributed by atoms with Gasteiger partial charge in [-0.25, -0.2) is 8.42 Å². The second kappa shape index (κ2) is 6.72. The van der Waals surface area contributed by atoms with Gasteiger partial charge in [0.2, 0.25) is 15.9 Å². The Morgan fingerprint density at radius 3 is 2.71 bits per heavy atom. The third kappa shape index (κ3) is 4.08. The largest absolute Gasteiger partial charge is 0.325 e. The normalized spacial score (nSPS) is 26.7. The van der Waals surface area contributed by atoms with Crippen LogP contribution in [0.2, 0.25) is 0 Å². The number of amides is 1. The Balaban J connectivity index is 1.67. The molecule has 0 aromatic heterocycles. The highest BCUT2D eigenvalue weighted by Gasteiger charge is 2.38. The molecule has 0 radical (unpaired) electrons. The van der Waals surface area contributed by atoms with Gasteiger partial charge < -0.3 is 10.6 Å². The standard InChI is InChI=1S/C17H25N3O3S/c1-11-7-8-13(10-15(11)20-24(2,22)23)18-17(21)16-9-12-5-3-4-6-14(12)19-16/h7-8,10,12,14,16,19-20H,3-6,9H2,1-2H3,(H,18,21). The maximum atomic E-state index is 12.5. The van der Waals surface area contributed by atoms with Gasteiger partial charge in [0.15, 0.2) is 0 Å². The number of hydrogen-bond acceptors (Lipinski definition) is 4. The number of carbonyl (C=O) groups excluding carboxylic acids is 1. The van der Waals surface area contributed by atoms with Gasteiger partial charge in [-0.1, -0.05) is 18.9 Å². The van der Waals surface area contributed by atoms with Crippen LogP contribution in [-0.2, 0) is 14.8 Å². The molecule has 0 spiro atoms. The first-order chi connectivity index (χ1) is 11.3. The molecule has 1 aromatic rings. The van der Waals surface area contributed by atoms with Crippen LogP contribution in [-0.4, -0.2) is 32.7 Å². The molecule has 1 amide bonds. The average Bonchev–Trinajstić information content (AvgIpc) is 2.93. The molecular weight excluding hydrogens is 326 g/mol. The van der Waals surface area contributed by atoms with Gasteiger partial charge in [0.05, 0.1) is 18.0 Å². The number of carbonyl (C=O) groups is 1. The van der Waals surface area contributed by atoms with Gasteiger partial charge >= 0.3 is 0 Å². The van der Waals surface area contributed by atoms with Gasteiger partial charge in [0.1, 0.15) is 0 Å². The topological polar surface area (TPSA) is 87.3 Å². The third-order valence-corrected chi connectivity index (χ3v) is 5.57. The molecule has 3 rings (SSSR count). The van der Waals surface area contributed by atoms with Crippen molar-refractivity contribution in [3.05, 3.63) is 23.8 Å². The molecule has 1 aromatic carbocycles. The smallest absolute Gasteiger partial charge is 0.241 e. The number of benzene rings is 1. The van der Waals surface area contributed by atoms with Crippen LogP contribution in [0.25, 0.3) is 0 Å². The summed E-state index contributed by atoms with van der Waals surface area (Å²) in [6.07, 6.45) is 6.85. The molecule has 6 nitrogen and oxygen atoms in total. The maximum absolute atomic E-state index is 12.5. The molecule has 0 bridgehead atoms. The molecule has 7 heteroatoms. The predicted octanol–water partition coefficient (Wildman–Crippen LogP) is 2.23. The van der Waals surface area contributed by atoms with E-state index in [2.05, 4.69) is 15.4 Å². The van der Waals surface area contributed by atoms with Crippen LogP contribution >= 0.6 is 0 Å². The van der Waals surface area contributed by atoms with Gasteiger partial charge in [-0.15, -0.1) is 0 Å². The van der Waals surface area contributed by atoms with E-state index in [9.17, 15) is 13.2 Å². The second-order valence-electron chi connectivity index (χ2n) is 7.00. The van der Waals surface area contributed by atoms with E-state index in [-0.39, 0.29) is 11.9 Å². The molecule has 1 saturated carbocycles. The lowest BCUT2D eigenvalue weighted by atomic mass is 9.85. The van der Waals surface area contributed by atoms with Crippen molar-refractivity contribution in [3.63, 3.8) is 0 Å². The molecule has 1 heterocycles. The summed E-state index contributed by atoms with van der Waals surface area (Å²) in [5, 5.41) is 6.36. The Kier molecular flexibility index (Phi) is 4.83. The Bertz CT molecular complexity index is 719. The zero-order chi connectivity index (χ0) is 17.3. The highest BCUT2D eigenvalue weighted by atomic mass is 32.2. The zero-order valence-corrected chi connectivity index (χ0v) is 14.9. The minimum atomic E-state index is -3.35. The molecule has 3 atom stereocenters. The number of hydrogen-bond donors (Lipinski definition) is 3. The lowest BCUT2D eigenvalue weighted by molar-refractivity contribution is -0.117. The average molecular weight is 351 g/mol. The van der Waals surface area contributed by atoms with Crippen molar-refractivity contribution in [1.29, 1.82) is 0 Å². The number of fused-ring (bicyclic) bond motifs is 1. The van der Waals surface area contributed by atoms with Crippen LogP contribution in [0.1, 0.15) is 37.7 Å². The summed E-state index contributed by atoms with van der Waals surface area (Å²) < 4.78 is 25.3. The first-order valence-corrected chi connectivity index (χ1v) is 10.4. The van der Waals surface area contributed by atoms with Crippen LogP contribution < -0.4 is 15.4 Å². The van der Waals surface area contributed by atoms with E-state index in [1.807, 2.05) is 6.92 Å². The predicted molar refractivity (Wildman–Crippen MR) is 95.6 cm³/mol. The van der Waals surface area contributed by atoms with Gasteiger partial charge in [0, 0.05) is 11.7 Å². The Morgan fingerprint density at radius 2 is 2.00 bits per heavy atom. The van der Waals surface area contributed by atoms with E-state index in [1.165, 1.54) is 19.3 Å². The number of anilines is 2. The summed E-state index contributed by atoms with van der Waals surface area (Å²) >= 11 is 0. The monoisotopic (exact) mass is 351 g/mol. The Morgan fingerprint density at radius 1 is 1.25 bits per heavy atom. The van der Waals surface area contributed by atoms with Crippen molar-refractivity contribution in [2.75, 3.05) is 16.3 Å². The lowest BCUT2D eigenvalue weighted by Crippen LogP contribution is -2.39. The number of aryl methyl sites for hydroxylation is 1. The molecule has 2 aliphatic rings. The van der Waals surface area contributed by atoms with Gasteiger partial charge in [-0.3, -0.25) is 9.52 Å². The molecule has 3 N–H and O–H groups in total. The zero-order valence-electron chi connectivity index (χ0n) is 14.1. The van der Waals surface area contributed by atoms with Crippen molar-refractivity contribution in [2.24, 2.45) is 5.92 Å². The number of rotatable bonds is 4. The van der Waals surface area contributed by atoms with E-state index in [0.29, 0.717) is 23.3 Å². The molecule has 1 saturated heterocycles. The van der Waals surface area contributed by atoms with Crippen LogP contribution in [0, 0.1) is 12.8 Å². The summed E-state index contributed by atoms with van der Waals surface area (Å²) in [5.41, 5.74) is 1.90. The molecule has 2 fully saturated rings. The van der Waals surface area contributed by atoms with E-state index >= 15 is 0 Å². The van der Waals surface area contributed by atoms with Crippen LogP contribution in [0.3, 0.4) is 0 Å². The molecule has 1 aliphatic carbocycles. The third-order valence-electron chi connectivity index (χ3n) is 4.98. The van der Waals surface area contributed by atoms with Crippen LogP contribution in [0.15, 0.2) is 18.2 Å². The molecule has 132 valence electrons. The van der Waals surface area contributed by atoms with Crippen LogP contribution in [0.4, 0.5) is 11.4 Å². The van der Waals surface area contributed by atoms with Crippen molar-refractivity contribution < 1.29 is 13.2 Å². The molecule has 1 aliphatic heterocycles. The number of nitrogens with one attached hydrogen (secondary N) is 3. The van der Waals surface area contributed by atoms with Gasteiger partial charge in [0.25, 0.3) is 0 Å². The Hall–Kier alpha value is -1.60. The summed E-state index contributed by atoms with van der Waals surface area (Å²) in [4.78, 5) is 12.5. The van der Waals surface area contributed by atoms with E-state index in [1.54, 1.807) is 18.2 Å². The molecule has 3 unspecified atom stereocenters. The van der Waals surface area contributed by atoms with Crippen molar-refractivity contribution in [1.82, 2.24) is 5.32 Å². The fourth-order valence-corrected chi connectivity index (χ4v) is 4.38. The maximum Gasteiger partial charge on any atom is 0.241 e. The molecule has 24 heavy (non-hydrogen) atoms. The fraction of sp³-hybridized carbons (Fsp3) is 0.588. The van der Waals surface area contributed by atoms with E-state index in [4.69, 9.17) is 0 Å². The first kappa shape index (κ1) is 17.2. The molecular formula is C17H25N3O3S. The van der Waals surface area contributed by atoms with Gasteiger partial charge in [-0.2, -0.15) is 0 Å². The minimum Gasteiger partial charge on any atom is -0.325 e. The minimum absolute atomic E-state index is 0.0430. The van der Waals surface area contributed by atoms with E-state index in [0.717, 1.165) is 24.7 Å².